The van der Waals surface area contributed by atoms with Crippen molar-refractivity contribution in [3.8, 4) is 34.1 Å². The van der Waals surface area contributed by atoms with E-state index < -0.39 is 0 Å². The summed E-state index contributed by atoms with van der Waals surface area (Å²) < 4.78 is 8.91. The van der Waals surface area contributed by atoms with Crippen molar-refractivity contribution < 1.29 is 9.30 Å². The molecule has 0 radical (unpaired) electrons. The smallest absolute Gasteiger partial charge is 0.257 e. The number of fused-ring (bicyclic) bond motifs is 4. The van der Waals surface area contributed by atoms with Crippen molar-refractivity contribution in [1.29, 1.82) is 0 Å². The van der Waals surface area contributed by atoms with Gasteiger partial charge in [-0.15, -0.1) is 0 Å². The Morgan fingerprint density at radius 2 is 1.47 bits per heavy atom. The van der Waals surface area contributed by atoms with Crippen molar-refractivity contribution in [3.05, 3.63) is 71.4 Å². The van der Waals surface area contributed by atoms with Gasteiger partial charge in [0.25, 0.3) is 5.69 Å². The minimum Gasteiger partial charge on any atom is -0.449 e. The molecule has 3 aromatic carbocycles. The molecule has 0 saturated heterocycles. The van der Waals surface area contributed by atoms with E-state index >= 15 is 0 Å². The Kier molecular flexibility index (Phi) is 5.20. The highest BCUT2D eigenvalue weighted by Gasteiger charge is 2.32. The second-order valence-corrected chi connectivity index (χ2v) is 12.7. The zero-order valence-corrected chi connectivity index (χ0v) is 23.8. The molecule has 0 bridgehead atoms. The maximum absolute atomic E-state index is 6.71. The SMILES string of the molecule is Cc1cc2cccc3c2c(c1C)-c1c(c2cc(-c4nc(C(C)(C)C)nc(C(C)(C)C)n4)ccc2c[n+]1C)O3. The summed E-state index contributed by atoms with van der Waals surface area (Å²) in [6.07, 6.45) is 2.19. The van der Waals surface area contributed by atoms with Gasteiger partial charge in [0.05, 0.1) is 5.56 Å². The molecule has 0 spiro atoms. The second kappa shape index (κ2) is 8.07. The lowest BCUT2D eigenvalue weighted by atomic mass is 9.89. The van der Waals surface area contributed by atoms with Gasteiger partial charge in [-0.1, -0.05) is 65.8 Å². The zero-order chi connectivity index (χ0) is 27.1. The van der Waals surface area contributed by atoms with Gasteiger partial charge in [0.1, 0.15) is 24.4 Å². The average Bonchev–Trinajstić information content (AvgIpc) is 2.85. The van der Waals surface area contributed by atoms with E-state index in [4.69, 9.17) is 19.7 Å². The van der Waals surface area contributed by atoms with Gasteiger partial charge >= 0.3 is 0 Å². The molecule has 5 nitrogen and oxygen atoms in total. The third kappa shape index (κ3) is 3.75. The van der Waals surface area contributed by atoms with Crippen molar-refractivity contribution in [2.45, 2.75) is 66.2 Å². The summed E-state index contributed by atoms with van der Waals surface area (Å²) in [7, 11) is 2.11. The van der Waals surface area contributed by atoms with Crippen LogP contribution in [0.5, 0.6) is 11.5 Å². The van der Waals surface area contributed by atoms with Crippen LogP contribution in [0, 0.1) is 13.8 Å². The first kappa shape index (κ1) is 24.5. The monoisotopic (exact) mass is 503 g/mol. The number of aryl methyl sites for hydroxylation is 2. The molecule has 0 fully saturated rings. The van der Waals surface area contributed by atoms with E-state index in [0.717, 1.165) is 45.2 Å². The molecule has 6 rings (SSSR count). The van der Waals surface area contributed by atoms with Crippen LogP contribution in [-0.2, 0) is 17.9 Å². The van der Waals surface area contributed by atoms with Crippen molar-refractivity contribution in [2.75, 3.05) is 0 Å². The Hall–Kier alpha value is -3.86. The molecule has 1 aliphatic heterocycles. The van der Waals surface area contributed by atoms with Crippen LogP contribution in [0.4, 0.5) is 0 Å². The molecule has 0 N–H and O–H groups in total. The molecular weight excluding hydrogens is 468 g/mol. The molecular formula is C33H35N4O+. The van der Waals surface area contributed by atoms with Gasteiger partial charge in [0.15, 0.2) is 12.0 Å². The van der Waals surface area contributed by atoms with Crippen LogP contribution in [0.3, 0.4) is 0 Å². The summed E-state index contributed by atoms with van der Waals surface area (Å²) in [6.45, 7) is 17.3. The first-order valence-electron chi connectivity index (χ1n) is 13.3. The first-order valence-corrected chi connectivity index (χ1v) is 13.3. The number of rotatable bonds is 1. The Morgan fingerprint density at radius 1 is 0.789 bits per heavy atom. The topological polar surface area (TPSA) is 51.8 Å². The lowest BCUT2D eigenvalue weighted by Gasteiger charge is -2.23. The summed E-state index contributed by atoms with van der Waals surface area (Å²) >= 11 is 0. The number of ether oxygens (including phenoxy) is 1. The Labute approximate surface area is 224 Å². The quantitative estimate of drug-likeness (QED) is 0.216. The van der Waals surface area contributed by atoms with E-state index in [1.165, 1.54) is 27.5 Å². The number of hydrogen-bond acceptors (Lipinski definition) is 4. The van der Waals surface area contributed by atoms with Crippen molar-refractivity contribution in [3.63, 3.8) is 0 Å². The van der Waals surface area contributed by atoms with Gasteiger partial charge in [-0.3, -0.25) is 0 Å². The normalized spacial score (nSPS) is 13.1. The molecule has 0 unspecified atom stereocenters. The van der Waals surface area contributed by atoms with E-state index in [2.05, 4.69) is 116 Å². The predicted molar refractivity (Wildman–Crippen MR) is 154 cm³/mol. The highest BCUT2D eigenvalue weighted by Crippen LogP contribution is 2.49. The van der Waals surface area contributed by atoms with Crippen LogP contribution in [0.25, 0.3) is 44.2 Å². The summed E-state index contributed by atoms with van der Waals surface area (Å²) in [4.78, 5) is 14.8. The van der Waals surface area contributed by atoms with Crippen LogP contribution in [0.1, 0.15) is 64.3 Å². The van der Waals surface area contributed by atoms with Crippen LogP contribution in [0.2, 0.25) is 0 Å². The second-order valence-electron chi connectivity index (χ2n) is 12.7. The molecule has 1 aliphatic rings. The molecule has 192 valence electrons. The molecule has 5 aromatic rings. The fourth-order valence-electron chi connectivity index (χ4n) is 5.29. The summed E-state index contributed by atoms with van der Waals surface area (Å²) in [5.74, 6) is 4.08. The lowest BCUT2D eigenvalue weighted by Crippen LogP contribution is -2.32. The van der Waals surface area contributed by atoms with Gasteiger partial charge < -0.3 is 4.74 Å². The van der Waals surface area contributed by atoms with Crippen LogP contribution in [-0.4, -0.2) is 15.0 Å². The fourth-order valence-corrected chi connectivity index (χ4v) is 5.29. The van der Waals surface area contributed by atoms with Crippen LogP contribution >= 0.6 is 0 Å². The van der Waals surface area contributed by atoms with Gasteiger partial charge in [0, 0.05) is 32.6 Å². The van der Waals surface area contributed by atoms with E-state index in [0.29, 0.717) is 5.82 Å². The van der Waals surface area contributed by atoms with Crippen molar-refractivity contribution in [1.82, 2.24) is 15.0 Å². The standard InChI is InChI=1S/C33H35N4O/c1-18-15-20-11-10-12-24-26(20)25(19(18)2)27-28(38-24)23-16-21(13-14-22(23)17-37(27)9)29-34-30(32(3,4)5)36-31(35-29)33(6,7)8/h10-17H,1-9H3/q+1. The molecule has 3 heterocycles. The zero-order valence-electron chi connectivity index (χ0n) is 23.8. The number of nitrogens with zero attached hydrogens (tertiary/aromatic N) is 4. The Balaban J connectivity index is 1.64. The molecule has 0 saturated carbocycles. The van der Waals surface area contributed by atoms with E-state index in [1.54, 1.807) is 0 Å². The van der Waals surface area contributed by atoms with E-state index in [-0.39, 0.29) is 10.8 Å². The maximum atomic E-state index is 6.71. The average molecular weight is 504 g/mol. The number of pyridine rings is 1. The minimum absolute atomic E-state index is 0.192. The van der Waals surface area contributed by atoms with Crippen LogP contribution in [0.15, 0.2) is 48.7 Å². The molecule has 38 heavy (non-hydrogen) atoms. The third-order valence-corrected chi connectivity index (χ3v) is 7.53. The highest BCUT2D eigenvalue weighted by atomic mass is 16.5. The van der Waals surface area contributed by atoms with Crippen LogP contribution < -0.4 is 9.30 Å². The van der Waals surface area contributed by atoms with E-state index in [9.17, 15) is 0 Å². The molecule has 2 aromatic heterocycles. The van der Waals surface area contributed by atoms with Gasteiger partial charge in [-0.05, 0) is 48.6 Å². The third-order valence-electron chi connectivity index (χ3n) is 7.53. The number of aromatic nitrogens is 4. The lowest BCUT2D eigenvalue weighted by molar-refractivity contribution is -0.659. The van der Waals surface area contributed by atoms with Crippen molar-refractivity contribution >= 4 is 21.5 Å². The predicted octanol–water partition coefficient (Wildman–Crippen LogP) is 7.65. The summed E-state index contributed by atoms with van der Waals surface area (Å²) in [5, 5.41) is 4.54. The number of hydrogen-bond donors (Lipinski definition) is 0. The highest BCUT2D eigenvalue weighted by molar-refractivity contribution is 6.07. The fraction of sp³-hybridized carbons (Fsp3) is 0.333. The first-order chi connectivity index (χ1) is 17.8. The summed E-state index contributed by atoms with van der Waals surface area (Å²) in [5.41, 5.74) is 5.48. The summed E-state index contributed by atoms with van der Waals surface area (Å²) in [6, 6.07) is 15.0. The minimum atomic E-state index is -0.192. The maximum Gasteiger partial charge on any atom is 0.257 e. The Bertz CT molecular complexity index is 1760. The molecule has 5 heteroatoms. The molecule has 0 amide bonds. The van der Waals surface area contributed by atoms with E-state index in [1.807, 2.05) is 0 Å². The molecule has 0 aliphatic carbocycles. The molecule has 0 atom stereocenters. The van der Waals surface area contributed by atoms with Gasteiger partial charge in [-0.2, -0.15) is 4.57 Å². The van der Waals surface area contributed by atoms with Crippen molar-refractivity contribution in [2.24, 2.45) is 7.05 Å². The van der Waals surface area contributed by atoms with Gasteiger partial charge in [-0.25, -0.2) is 15.0 Å². The van der Waals surface area contributed by atoms with Gasteiger partial charge in [0.2, 0.25) is 5.75 Å². The Morgan fingerprint density at radius 3 is 2.13 bits per heavy atom. The largest absolute Gasteiger partial charge is 0.449 e. The number of benzene rings is 3.